The van der Waals surface area contributed by atoms with Gasteiger partial charge in [0.1, 0.15) is 11.5 Å². The molecule has 2 heterocycles. The van der Waals surface area contributed by atoms with Gasteiger partial charge in [-0.15, -0.1) is 0 Å². The molecule has 0 unspecified atom stereocenters. The molecule has 1 aliphatic rings. The van der Waals surface area contributed by atoms with Crippen LogP contribution >= 0.6 is 23.2 Å². The van der Waals surface area contributed by atoms with E-state index in [1.165, 1.54) is 6.21 Å². The average Bonchev–Trinajstić information content (AvgIpc) is 3.33. The summed E-state index contributed by atoms with van der Waals surface area (Å²) in [6.07, 6.45) is 1.58. The van der Waals surface area contributed by atoms with E-state index >= 15 is 0 Å². The predicted molar refractivity (Wildman–Crippen MR) is 106 cm³/mol. The quantitative estimate of drug-likeness (QED) is 0.484. The Morgan fingerprint density at radius 3 is 2.86 bits per heavy atom. The van der Waals surface area contributed by atoms with Crippen LogP contribution in [0.25, 0.3) is 11.3 Å². The second kappa shape index (κ2) is 7.96. The Bertz CT molecular complexity index is 1060. The lowest BCUT2D eigenvalue weighted by molar-refractivity contribution is -0.120. The predicted octanol–water partition coefficient (Wildman–Crippen LogP) is 4.67. The van der Waals surface area contributed by atoms with Gasteiger partial charge in [0.05, 0.1) is 22.7 Å². The van der Waals surface area contributed by atoms with Crippen LogP contribution in [0.4, 0.5) is 0 Å². The molecule has 0 atom stereocenters. The molecule has 0 saturated heterocycles. The molecule has 4 rings (SSSR count). The lowest BCUT2D eigenvalue weighted by atomic mass is 10.1. The molecule has 0 aliphatic carbocycles. The molecule has 28 heavy (non-hydrogen) atoms. The van der Waals surface area contributed by atoms with E-state index in [2.05, 4.69) is 10.5 Å². The number of hydrogen-bond acceptors (Lipinski definition) is 5. The van der Waals surface area contributed by atoms with E-state index in [9.17, 15) is 4.79 Å². The SMILES string of the molecule is O=C(Cc1ccc2c(c1)OCO2)N/N=C\c1ccc(-c2cccc(Cl)c2Cl)o1. The van der Waals surface area contributed by atoms with E-state index in [0.717, 1.165) is 5.56 Å². The van der Waals surface area contributed by atoms with Crippen molar-refractivity contribution in [2.75, 3.05) is 6.79 Å². The lowest BCUT2D eigenvalue weighted by Gasteiger charge is -2.02. The number of ether oxygens (including phenoxy) is 2. The summed E-state index contributed by atoms with van der Waals surface area (Å²) in [7, 11) is 0. The third-order valence-electron chi connectivity index (χ3n) is 4.03. The molecule has 3 aromatic rings. The molecule has 0 radical (unpaired) electrons. The zero-order chi connectivity index (χ0) is 19.5. The van der Waals surface area contributed by atoms with Crippen molar-refractivity contribution in [1.82, 2.24) is 5.43 Å². The Labute approximate surface area is 170 Å². The first kappa shape index (κ1) is 18.4. The van der Waals surface area contributed by atoms with Gasteiger partial charge in [-0.2, -0.15) is 5.10 Å². The van der Waals surface area contributed by atoms with Crippen molar-refractivity contribution in [3.8, 4) is 22.8 Å². The number of hydrazone groups is 1. The maximum Gasteiger partial charge on any atom is 0.244 e. The van der Waals surface area contributed by atoms with Crippen molar-refractivity contribution in [3.63, 3.8) is 0 Å². The number of hydrogen-bond donors (Lipinski definition) is 1. The summed E-state index contributed by atoms with van der Waals surface area (Å²) in [5, 5.41) is 4.79. The fraction of sp³-hybridized carbons (Fsp3) is 0.100. The molecule has 0 spiro atoms. The molecular formula is C20H14Cl2N2O4. The van der Waals surface area contributed by atoms with E-state index in [-0.39, 0.29) is 19.1 Å². The molecule has 142 valence electrons. The van der Waals surface area contributed by atoms with Gasteiger partial charge < -0.3 is 13.9 Å². The van der Waals surface area contributed by atoms with E-state index in [1.54, 1.807) is 42.5 Å². The lowest BCUT2D eigenvalue weighted by Crippen LogP contribution is -2.19. The number of benzene rings is 2. The summed E-state index contributed by atoms with van der Waals surface area (Å²) in [5.41, 5.74) is 3.95. The maximum atomic E-state index is 12.1. The van der Waals surface area contributed by atoms with Gasteiger partial charge in [0.2, 0.25) is 12.7 Å². The van der Waals surface area contributed by atoms with Gasteiger partial charge in [0.15, 0.2) is 11.5 Å². The molecule has 0 bridgehead atoms. The minimum Gasteiger partial charge on any atom is -0.455 e. The number of amides is 1. The molecule has 2 aromatic carbocycles. The summed E-state index contributed by atoms with van der Waals surface area (Å²) in [4.78, 5) is 12.1. The van der Waals surface area contributed by atoms with E-state index in [1.807, 2.05) is 6.07 Å². The normalized spacial score (nSPS) is 12.5. The summed E-state index contributed by atoms with van der Waals surface area (Å²) in [5.74, 6) is 2.07. The first-order valence-corrected chi connectivity index (χ1v) is 9.10. The molecule has 0 saturated carbocycles. The first-order valence-electron chi connectivity index (χ1n) is 8.35. The number of carbonyl (C=O) groups is 1. The molecule has 1 N–H and O–H groups in total. The van der Waals surface area contributed by atoms with Crippen molar-refractivity contribution in [2.24, 2.45) is 5.10 Å². The largest absolute Gasteiger partial charge is 0.455 e. The third-order valence-corrected chi connectivity index (χ3v) is 4.85. The first-order chi connectivity index (χ1) is 13.6. The monoisotopic (exact) mass is 416 g/mol. The van der Waals surface area contributed by atoms with Gasteiger partial charge in [-0.05, 0) is 42.0 Å². The van der Waals surface area contributed by atoms with Crippen LogP contribution in [0.1, 0.15) is 11.3 Å². The molecule has 1 aliphatic heterocycles. The third kappa shape index (κ3) is 3.98. The van der Waals surface area contributed by atoms with Gasteiger partial charge in [0, 0.05) is 5.56 Å². The Kier molecular flexibility index (Phi) is 5.23. The van der Waals surface area contributed by atoms with E-state index in [0.29, 0.717) is 38.6 Å². The number of nitrogens with zero attached hydrogens (tertiary/aromatic N) is 1. The summed E-state index contributed by atoms with van der Waals surface area (Å²) in [6.45, 7) is 0.195. The minimum absolute atomic E-state index is 0.162. The van der Waals surface area contributed by atoms with Crippen LogP contribution in [-0.4, -0.2) is 18.9 Å². The number of carbonyl (C=O) groups excluding carboxylic acids is 1. The highest BCUT2D eigenvalue weighted by Gasteiger charge is 2.14. The standard InChI is InChI=1S/C20H14Cl2N2O4/c21-15-3-1-2-14(20(15)22)16-7-5-13(28-16)10-23-24-19(25)9-12-4-6-17-18(8-12)27-11-26-17/h1-8,10H,9,11H2,(H,24,25)/b23-10-. The summed E-state index contributed by atoms with van der Waals surface area (Å²) in [6, 6.07) is 14.1. The van der Waals surface area contributed by atoms with Crippen molar-refractivity contribution >= 4 is 35.3 Å². The van der Waals surface area contributed by atoms with Crippen molar-refractivity contribution < 1.29 is 18.7 Å². The fourth-order valence-corrected chi connectivity index (χ4v) is 3.10. The van der Waals surface area contributed by atoms with Crippen LogP contribution in [0.5, 0.6) is 11.5 Å². The van der Waals surface area contributed by atoms with Crippen molar-refractivity contribution in [1.29, 1.82) is 0 Å². The van der Waals surface area contributed by atoms with E-state index in [4.69, 9.17) is 37.1 Å². The number of nitrogens with one attached hydrogen (secondary N) is 1. The highest BCUT2D eigenvalue weighted by Crippen LogP contribution is 2.34. The fourth-order valence-electron chi connectivity index (χ4n) is 2.70. The van der Waals surface area contributed by atoms with Crippen LogP contribution in [0, 0.1) is 0 Å². The number of fused-ring (bicyclic) bond motifs is 1. The minimum atomic E-state index is -0.264. The Morgan fingerprint density at radius 1 is 1.11 bits per heavy atom. The van der Waals surface area contributed by atoms with Crippen LogP contribution in [0.3, 0.4) is 0 Å². The van der Waals surface area contributed by atoms with Crippen molar-refractivity contribution in [3.05, 3.63) is 69.9 Å². The molecule has 6 nitrogen and oxygen atoms in total. The van der Waals surface area contributed by atoms with Gasteiger partial charge in [-0.3, -0.25) is 4.79 Å². The zero-order valence-corrected chi connectivity index (χ0v) is 16.0. The Balaban J connectivity index is 1.37. The highest BCUT2D eigenvalue weighted by molar-refractivity contribution is 6.43. The van der Waals surface area contributed by atoms with Crippen LogP contribution < -0.4 is 14.9 Å². The smallest absolute Gasteiger partial charge is 0.244 e. The van der Waals surface area contributed by atoms with Gasteiger partial charge in [-0.1, -0.05) is 35.3 Å². The van der Waals surface area contributed by atoms with Crippen LogP contribution in [0.15, 0.2) is 58.0 Å². The Hall–Kier alpha value is -2.96. The van der Waals surface area contributed by atoms with Crippen LogP contribution in [-0.2, 0) is 11.2 Å². The molecule has 1 amide bonds. The highest BCUT2D eigenvalue weighted by atomic mass is 35.5. The molecule has 8 heteroatoms. The topological polar surface area (TPSA) is 73.1 Å². The molecule has 0 fully saturated rings. The second-order valence-electron chi connectivity index (χ2n) is 5.96. The Morgan fingerprint density at radius 2 is 1.96 bits per heavy atom. The van der Waals surface area contributed by atoms with Gasteiger partial charge in [0.25, 0.3) is 0 Å². The maximum absolute atomic E-state index is 12.1. The molecular weight excluding hydrogens is 403 g/mol. The van der Waals surface area contributed by atoms with Crippen molar-refractivity contribution in [2.45, 2.75) is 6.42 Å². The van der Waals surface area contributed by atoms with Gasteiger partial charge in [-0.25, -0.2) is 5.43 Å². The van der Waals surface area contributed by atoms with Gasteiger partial charge >= 0.3 is 0 Å². The summed E-state index contributed by atoms with van der Waals surface area (Å²) < 4.78 is 16.2. The van der Waals surface area contributed by atoms with Crippen LogP contribution in [0.2, 0.25) is 10.0 Å². The average molecular weight is 417 g/mol. The second-order valence-corrected chi connectivity index (χ2v) is 6.75. The zero-order valence-electron chi connectivity index (χ0n) is 14.4. The number of halogens is 2. The summed E-state index contributed by atoms with van der Waals surface area (Å²) >= 11 is 12.2. The molecule has 1 aromatic heterocycles. The van der Waals surface area contributed by atoms with E-state index < -0.39 is 0 Å². The number of rotatable bonds is 5. The number of furan rings is 1.